The summed E-state index contributed by atoms with van der Waals surface area (Å²) < 4.78 is 0. The van der Waals surface area contributed by atoms with Crippen LogP contribution in [0.1, 0.15) is 36.5 Å². The molecule has 2 aromatic rings. The van der Waals surface area contributed by atoms with Crippen LogP contribution < -0.4 is 16.4 Å². The molecule has 0 unspecified atom stereocenters. The molecule has 0 aliphatic rings. The number of guanidine groups is 1. The van der Waals surface area contributed by atoms with Crippen LogP contribution in [0.15, 0.2) is 47.5 Å². The number of carbonyl (C=O) groups excluding carboxylic acids is 1. The van der Waals surface area contributed by atoms with Crippen molar-refractivity contribution >= 4 is 47.2 Å². The Morgan fingerprint density at radius 2 is 1.73 bits per heavy atom. The second kappa shape index (κ2) is 10.8. The van der Waals surface area contributed by atoms with Gasteiger partial charge in [-0.05, 0) is 61.2 Å². The van der Waals surface area contributed by atoms with E-state index in [0.29, 0.717) is 18.9 Å². The molecule has 0 aliphatic heterocycles. The first-order chi connectivity index (χ1) is 12.0. The molecule has 6 heteroatoms. The lowest BCUT2D eigenvalue weighted by Gasteiger charge is -2.09. The van der Waals surface area contributed by atoms with Gasteiger partial charge < -0.3 is 16.4 Å². The predicted octanol–water partition coefficient (Wildman–Crippen LogP) is 4.59. The van der Waals surface area contributed by atoms with E-state index in [1.165, 1.54) is 11.1 Å². The molecule has 0 spiro atoms. The molecule has 140 valence electrons. The SMILES string of the molecule is CCCC(=O)Nc1cccc(CN=C(N)Nc2cc(C)cc(C)c2)c1.I. The van der Waals surface area contributed by atoms with Gasteiger partial charge in [-0.3, -0.25) is 4.79 Å². The number of hydrogen-bond acceptors (Lipinski definition) is 2. The summed E-state index contributed by atoms with van der Waals surface area (Å²) in [5.41, 5.74) is 11.0. The highest BCUT2D eigenvalue weighted by atomic mass is 127. The number of aliphatic imine (C=N–C) groups is 1. The summed E-state index contributed by atoms with van der Waals surface area (Å²) >= 11 is 0. The van der Waals surface area contributed by atoms with Crippen LogP contribution in [0.25, 0.3) is 0 Å². The zero-order valence-electron chi connectivity index (χ0n) is 15.5. The highest BCUT2D eigenvalue weighted by molar-refractivity contribution is 14.0. The predicted molar refractivity (Wildman–Crippen MR) is 120 cm³/mol. The second-order valence-corrected chi connectivity index (χ2v) is 6.20. The van der Waals surface area contributed by atoms with Crippen molar-refractivity contribution in [3.8, 4) is 0 Å². The molecule has 0 bridgehead atoms. The average molecular weight is 466 g/mol. The van der Waals surface area contributed by atoms with Gasteiger partial charge in [0.1, 0.15) is 0 Å². The summed E-state index contributed by atoms with van der Waals surface area (Å²) in [5, 5.41) is 6.00. The van der Waals surface area contributed by atoms with Crippen molar-refractivity contribution in [1.29, 1.82) is 0 Å². The molecule has 0 fully saturated rings. The highest BCUT2D eigenvalue weighted by Crippen LogP contribution is 2.14. The van der Waals surface area contributed by atoms with Gasteiger partial charge in [-0.25, -0.2) is 4.99 Å². The van der Waals surface area contributed by atoms with E-state index in [0.717, 1.165) is 23.4 Å². The van der Waals surface area contributed by atoms with E-state index in [1.54, 1.807) is 0 Å². The Balaban J connectivity index is 0.00000338. The summed E-state index contributed by atoms with van der Waals surface area (Å²) in [7, 11) is 0. The molecule has 2 aromatic carbocycles. The summed E-state index contributed by atoms with van der Waals surface area (Å²) in [6, 6.07) is 13.8. The minimum atomic E-state index is 0. The van der Waals surface area contributed by atoms with Gasteiger partial charge in [-0.15, -0.1) is 24.0 Å². The molecule has 0 aliphatic carbocycles. The Morgan fingerprint density at radius 1 is 1.04 bits per heavy atom. The summed E-state index contributed by atoms with van der Waals surface area (Å²) in [5.74, 6) is 0.393. The van der Waals surface area contributed by atoms with Crippen molar-refractivity contribution in [2.75, 3.05) is 10.6 Å². The third kappa shape index (κ3) is 7.43. The topological polar surface area (TPSA) is 79.5 Å². The van der Waals surface area contributed by atoms with Gasteiger partial charge >= 0.3 is 0 Å². The summed E-state index contributed by atoms with van der Waals surface area (Å²) in [6.07, 6.45) is 1.35. The number of hydrogen-bond donors (Lipinski definition) is 3. The Labute approximate surface area is 172 Å². The standard InChI is InChI=1S/C20H26N4O.HI/c1-4-6-19(25)23-17-8-5-7-16(12-17)13-22-20(21)24-18-10-14(2)9-15(3)11-18;/h5,7-12H,4,6,13H2,1-3H3,(H,23,25)(H3,21,22,24);1H. The first-order valence-electron chi connectivity index (χ1n) is 8.50. The van der Waals surface area contributed by atoms with Crippen molar-refractivity contribution in [3.63, 3.8) is 0 Å². The van der Waals surface area contributed by atoms with Gasteiger partial charge in [-0.2, -0.15) is 0 Å². The van der Waals surface area contributed by atoms with Crippen molar-refractivity contribution < 1.29 is 4.79 Å². The van der Waals surface area contributed by atoms with Crippen LogP contribution in [0.3, 0.4) is 0 Å². The molecule has 5 nitrogen and oxygen atoms in total. The number of rotatable bonds is 6. The largest absolute Gasteiger partial charge is 0.370 e. The van der Waals surface area contributed by atoms with Crippen LogP contribution >= 0.6 is 24.0 Å². The van der Waals surface area contributed by atoms with Gasteiger partial charge in [0.05, 0.1) is 6.54 Å². The van der Waals surface area contributed by atoms with Gasteiger partial charge in [0.25, 0.3) is 0 Å². The van der Waals surface area contributed by atoms with Gasteiger partial charge in [0, 0.05) is 17.8 Å². The zero-order chi connectivity index (χ0) is 18.2. The molecule has 4 N–H and O–H groups in total. The molecule has 0 atom stereocenters. The fourth-order valence-corrected chi connectivity index (χ4v) is 2.61. The lowest BCUT2D eigenvalue weighted by Crippen LogP contribution is -2.22. The average Bonchev–Trinajstić information content (AvgIpc) is 2.52. The van der Waals surface area contributed by atoms with Crippen molar-refractivity contribution in [2.24, 2.45) is 10.7 Å². The maximum Gasteiger partial charge on any atom is 0.224 e. The third-order valence-corrected chi connectivity index (χ3v) is 3.61. The van der Waals surface area contributed by atoms with E-state index in [4.69, 9.17) is 5.73 Å². The Bertz CT molecular complexity index is 754. The number of halogens is 1. The van der Waals surface area contributed by atoms with Crippen LogP contribution in [0, 0.1) is 13.8 Å². The number of aryl methyl sites for hydroxylation is 2. The molecule has 0 radical (unpaired) electrons. The molecule has 1 amide bonds. The third-order valence-electron chi connectivity index (χ3n) is 3.61. The van der Waals surface area contributed by atoms with E-state index in [-0.39, 0.29) is 29.9 Å². The maximum atomic E-state index is 11.7. The van der Waals surface area contributed by atoms with Gasteiger partial charge in [0.15, 0.2) is 5.96 Å². The normalized spacial score (nSPS) is 10.8. The van der Waals surface area contributed by atoms with Crippen LogP contribution in [0.4, 0.5) is 11.4 Å². The van der Waals surface area contributed by atoms with Crippen LogP contribution in [-0.4, -0.2) is 11.9 Å². The molecular weight excluding hydrogens is 439 g/mol. The van der Waals surface area contributed by atoms with Crippen LogP contribution in [0.2, 0.25) is 0 Å². The fraction of sp³-hybridized carbons (Fsp3) is 0.300. The Morgan fingerprint density at radius 3 is 2.38 bits per heavy atom. The molecular formula is C20H27IN4O. The Kier molecular flexibility index (Phi) is 9.12. The lowest BCUT2D eigenvalue weighted by atomic mass is 10.1. The second-order valence-electron chi connectivity index (χ2n) is 6.20. The molecule has 0 heterocycles. The lowest BCUT2D eigenvalue weighted by molar-refractivity contribution is -0.116. The molecule has 2 rings (SSSR count). The number of nitrogens with zero attached hydrogens (tertiary/aromatic N) is 1. The number of carbonyl (C=O) groups is 1. The van der Waals surface area contributed by atoms with Crippen molar-refractivity contribution in [3.05, 3.63) is 59.2 Å². The van der Waals surface area contributed by atoms with Crippen LogP contribution in [-0.2, 0) is 11.3 Å². The maximum absolute atomic E-state index is 11.7. The Hall–Kier alpha value is -2.09. The number of nitrogens with two attached hydrogens (primary N) is 1. The smallest absolute Gasteiger partial charge is 0.224 e. The van der Waals surface area contributed by atoms with E-state index < -0.39 is 0 Å². The van der Waals surface area contributed by atoms with Crippen molar-refractivity contribution in [1.82, 2.24) is 0 Å². The quantitative estimate of drug-likeness (QED) is 0.331. The van der Waals surface area contributed by atoms with E-state index in [9.17, 15) is 4.79 Å². The number of anilines is 2. The minimum absolute atomic E-state index is 0. The minimum Gasteiger partial charge on any atom is -0.370 e. The number of amides is 1. The first-order valence-corrected chi connectivity index (χ1v) is 8.50. The molecule has 0 aromatic heterocycles. The molecule has 26 heavy (non-hydrogen) atoms. The number of nitrogens with one attached hydrogen (secondary N) is 2. The summed E-state index contributed by atoms with van der Waals surface area (Å²) in [6.45, 7) is 6.52. The van der Waals surface area contributed by atoms with E-state index >= 15 is 0 Å². The fourth-order valence-electron chi connectivity index (χ4n) is 2.61. The monoisotopic (exact) mass is 466 g/mol. The zero-order valence-corrected chi connectivity index (χ0v) is 17.8. The first kappa shape index (κ1) is 22.0. The molecule has 0 saturated carbocycles. The summed E-state index contributed by atoms with van der Waals surface area (Å²) in [4.78, 5) is 16.1. The molecule has 0 saturated heterocycles. The van der Waals surface area contributed by atoms with Gasteiger partial charge in [-0.1, -0.05) is 25.1 Å². The van der Waals surface area contributed by atoms with E-state index in [1.807, 2.05) is 57.2 Å². The van der Waals surface area contributed by atoms with Gasteiger partial charge in [0.2, 0.25) is 5.91 Å². The highest BCUT2D eigenvalue weighted by Gasteiger charge is 2.02. The van der Waals surface area contributed by atoms with E-state index in [2.05, 4.69) is 21.7 Å². The van der Waals surface area contributed by atoms with Crippen molar-refractivity contribution in [2.45, 2.75) is 40.2 Å². The van der Waals surface area contributed by atoms with Crippen LogP contribution in [0.5, 0.6) is 0 Å². The number of benzene rings is 2.